The zero-order valence-electron chi connectivity index (χ0n) is 13.0. The summed E-state index contributed by atoms with van der Waals surface area (Å²) in [6.45, 7) is 1.35. The minimum Gasteiger partial charge on any atom is -0.383 e. The maximum atomic E-state index is 5.99. The Kier molecular flexibility index (Phi) is 5.58. The van der Waals surface area contributed by atoms with Gasteiger partial charge in [-0.1, -0.05) is 29.0 Å². The van der Waals surface area contributed by atoms with Gasteiger partial charge in [0, 0.05) is 36.8 Å². The molecule has 2 aromatic heterocycles. The predicted octanol–water partition coefficient (Wildman–Crippen LogP) is 4.06. The highest BCUT2D eigenvalue weighted by Crippen LogP contribution is 2.28. The number of nitrogens with zero attached hydrogens (tertiary/aromatic N) is 3. The molecule has 2 N–H and O–H groups in total. The number of ether oxygens (including phenoxy) is 1. The van der Waals surface area contributed by atoms with E-state index in [1.807, 2.05) is 30.3 Å². The highest BCUT2D eigenvalue weighted by molar-refractivity contribution is 7.18. The van der Waals surface area contributed by atoms with E-state index < -0.39 is 0 Å². The maximum Gasteiger partial charge on any atom is 0.227 e. The molecule has 0 aliphatic carbocycles. The van der Waals surface area contributed by atoms with Crippen LogP contribution in [-0.4, -0.2) is 35.2 Å². The Labute approximate surface area is 148 Å². The summed E-state index contributed by atoms with van der Waals surface area (Å²) in [6, 6.07) is 9.28. The number of hydrogen-bond donors (Lipinski definition) is 2. The summed E-state index contributed by atoms with van der Waals surface area (Å²) in [5.41, 5.74) is 1.65. The summed E-state index contributed by atoms with van der Waals surface area (Å²) >= 11 is 7.53. The lowest BCUT2D eigenvalue weighted by Gasteiger charge is -2.05. The number of hydrogen-bond acceptors (Lipinski definition) is 7. The smallest absolute Gasteiger partial charge is 0.227 e. The zero-order valence-corrected chi connectivity index (χ0v) is 14.6. The number of methoxy groups -OCH3 is 1. The second-order valence-corrected chi connectivity index (χ2v) is 6.32. The molecule has 0 fully saturated rings. The number of rotatable bonds is 7. The van der Waals surface area contributed by atoms with Crippen LogP contribution in [-0.2, 0) is 4.74 Å². The molecule has 124 valence electrons. The van der Waals surface area contributed by atoms with Gasteiger partial charge in [0.25, 0.3) is 0 Å². The molecular weight excluding hydrogens is 346 g/mol. The monoisotopic (exact) mass is 361 g/mol. The Morgan fingerprint density at radius 3 is 3.00 bits per heavy atom. The number of benzene rings is 1. The topological polar surface area (TPSA) is 72.0 Å². The van der Waals surface area contributed by atoms with Crippen molar-refractivity contribution in [3.8, 4) is 10.6 Å². The third kappa shape index (κ3) is 4.41. The summed E-state index contributed by atoms with van der Waals surface area (Å²) in [7, 11) is 1.67. The van der Waals surface area contributed by atoms with Crippen LogP contribution >= 0.6 is 22.9 Å². The van der Waals surface area contributed by atoms with E-state index in [4.69, 9.17) is 16.3 Å². The second-order valence-electron chi connectivity index (χ2n) is 4.85. The summed E-state index contributed by atoms with van der Waals surface area (Å²) in [6.07, 6.45) is 3.51. The van der Waals surface area contributed by atoms with Crippen molar-refractivity contribution in [2.24, 2.45) is 0 Å². The largest absolute Gasteiger partial charge is 0.383 e. The molecule has 1 aromatic carbocycles. The van der Waals surface area contributed by atoms with Crippen LogP contribution in [0.1, 0.15) is 0 Å². The van der Waals surface area contributed by atoms with Gasteiger partial charge in [0.1, 0.15) is 0 Å². The van der Waals surface area contributed by atoms with E-state index in [-0.39, 0.29) is 0 Å². The van der Waals surface area contributed by atoms with Crippen LogP contribution in [0.25, 0.3) is 10.6 Å². The van der Waals surface area contributed by atoms with Gasteiger partial charge in [0.05, 0.1) is 17.2 Å². The predicted molar refractivity (Wildman–Crippen MR) is 98.2 cm³/mol. The fourth-order valence-corrected chi connectivity index (χ4v) is 2.99. The summed E-state index contributed by atoms with van der Waals surface area (Å²) in [4.78, 5) is 14.1. The zero-order chi connectivity index (χ0) is 16.8. The quantitative estimate of drug-likeness (QED) is 0.618. The molecule has 0 radical (unpaired) electrons. The van der Waals surface area contributed by atoms with Crippen LogP contribution in [0.5, 0.6) is 0 Å². The van der Waals surface area contributed by atoms with Gasteiger partial charge in [-0.15, -0.1) is 0 Å². The molecule has 2 heterocycles. The number of nitrogens with one attached hydrogen (secondary N) is 2. The van der Waals surface area contributed by atoms with Crippen LogP contribution in [0, 0.1) is 0 Å². The average molecular weight is 362 g/mol. The van der Waals surface area contributed by atoms with Crippen molar-refractivity contribution in [3.63, 3.8) is 0 Å². The van der Waals surface area contributed by atoms with E-state index in [0.717, 1.165) is 27.9 Å². The Balaban J connectivity index is 1.73. The molecule has 0 spiro atoms. The fourth-order valence-electron chi connectivity index (χ4n) is 1.99. The molecule has 0 bridgehead atoms. The molecular formula is C16H16ClN5OS. The van der Waals surface area contributed by atoms with E-state index in [1.165, 1.54) is 11.3 Å². The van der Waals surface area contributed by atoms with Gasteiger partial charge in [0.15, 0.2) is 5.13 Å². The second kappa shape index (κ2) is 8.05. The van der Waals surface area contributed by atoms with Crippen LogP contribution in [0.2, 0.25) is 5.02 Å². The standard InChI is InChI=1S/C16H16ClN5OS/c1-23-8-7-19-16-20-10-14(24-16)13-5-6-18-15(22-13)21-12-4-2-3-11(17)9-12/h2-6,9-10H,7-8H2,1H3,(H,19,20)(H,18,21,22). The average Bonchev–Trinajstić information content (AvgIpc) is 3.04. The minimum absolute atomic E-state index is 0.511. The van der Waals surface area contributed by atoms with E-state index in [9.17, 15) is 0 Å². The van der Waals surface area contributed by atoms with Gasteiger partial charge < -0.3 is 15.4 Å². The number of aromatic nitrogens is 3. The molecule has 3 aromatic rings. The van der Waals surface area contributed by atoms with Gasteiger partial charge in [-0.05, 0) is 24.3 Å². The van der Waals surface area contributed by atoms with Gasteiger partial charge in [0.2, 0.25) is 5.95 Å². The number of thiazole rings is 1. The molecule has 0 unspecified atom stereocenters. The highest BCUT2D eigenvalue weighted by Gasteiger charge is 2.07. The van der Waals surface area contributed by atoms with Gasteiger partial charge in [-0.3, -0.25) is 0 Å². The van der Waals surface area contributed by atoms with Crippen LogP contribution in [0.4, 0.5) is 16.8 Å². The lowest BCUT2D eigenvalue weighted by Crippen LogP contribution is -2.06. The minimum atomic E-state index is 0.511. The summed E-state index contributed by atoms with van der Waals surface area (Å²) in [5, 5.41) is 7.85. The van der Waals surface area contributed by atoms with E-state index >= 15 is 0 Å². The van der Waals surface area contributed by atoms with E-state index in [1.54, 1.807) is 19.5 Å². The van der Waals surface area contributed by atoms with Crippen molar-refractivity contribution in [2.45, 2.75) is 0 Å². The normalized spacial score (nSPS) is 10.6. The third-order valence-electron chi connectivity index (χ3n) is 3.08. The lowest BCUT2D eigenvalue weighted by atomic mass is 10.3. The lowest BCUT2D eigenvalue weighted by molar-refractivity contribution is 0.211. The molecule has 8 heteroatoms. The number of halogens is 1. The Morgan fingerprint density at radius 2 is 2.17 bits per heavy atom. The van der Waals surface area contributed by atoms with Crippen molar-refractivity contribution in [2.75, 3.05) is 30.9 Å². The fraction of sp³-hybridized carbons (Fsp3) is 0.188. The molecule has 0 amide bonds. The van der Waals surface area contributed by atoms with Crippen molar-refractivity contribution in [1.29, 1.82) is 0 Å². The first-order chi connectivity index (χ1) is 11.7. The van der Waals surface area contributed by atoms with Gasteiger partial charge in [-0.2, -0.15) is 0 Å². The third-order valence-corrected chi connectivity index (χ3v) is 4.29. The Hall–Kier alpha value is -2.22. The van der Waals surface area contributed by atoms with Crippen molar-refractivity contribution in [1.82, 2.24) is 15.0 Å². The first kappa shape index (κ1) is 16.6. The molecule has 0 atom stereocenters. The van der Waals surface area contributed by atoms with E-state index in [0.29, 0.717) is 17.6 Å². The molecule has 3 rings (SSSR count). The molecule has 0 saturated heterocycles. The first-order valence-corrected chi connectivity index (χ1v) is 8.49. The Morgan fingerprint density at radius 1 is 1.25 bits per heavy atom. The SMILES string of the molecule is COCCNc1ncc(-c2ccnc(Nc3cccc(Cl)c3)n2)s1. The van der Waals surface area contributed by atoms with Crippen LogP contribution in [0.3, 0.4) is 0 Å². The van der Waals surface area contributed by atoms with Gasteiger partial charge in [-0.25, -0.2) is 15.0 Å². The van der Waals surface area contributed by atoms with Crippen molar-refractivity contribution in [3.05, 3.63) is 47.7 Å². The number of anilines is 3. The summed E-state index contributed by atoms with van der Waals surface area (Å²) < 4.78 is 5.01. The van der Waals surface area contributed by atoms with E-state index in [2.05, 4.69) is 25.6 Å². The molecule has 6 nitrogen and oxygen atoms in total. The van der Waals surface area contributed by atoms with Crippen LogP contribution in [0.15, 0.2) is 42.7 Å². The first-order valence-electron chi connectivity index (χ1n) is 7.29. The molecule has 0 aliphatic heterocycles. The Bertz CT molecular complexity index is 810. The maximum absolute atomic E-state index is 5.99. The summed E-state index contributed by atoms with van der Waals surface area (Å²) in [5.74, 6) is 0.511. The molecule has 0 saturated carbocycles. The van der Waals surface area contributed by atoms with Crippen LogP contribution < -0.4 is 10.6 Å². The molecule has 24 heavy (non-hydrogen) atoms. The van der Waals surface area contributed by atoms with Crippen molar-refractivity contribution >= 4 is 39.7 Å². The van der Waals surface area contributed by atoms with Crippen molar-refractivity contribution < 1.29 is 4.74 Å². The molecule has 0 aliphatic rings. The van der Waals surface area contributed by atoms with Gasteiger partial charge >= 0.3 is 0 Å². The highest BCUT2D eigenvalue weighted by atomic mass is 35.5.